The van der Waals surface area contributed by atoms with Crippen molar-refractivity contribution >= 4 is 22.5 Å². The maximum atomic E-state index is 13.4. The van der Waals surface area contributed by atoms with Crippen molar-refractivity contribution in [3.05, 3.63) is 71.8 Å². The largest absolute Gasteiger partial charge is 0.486 e. The lowest BCUT2D eigenvalue weighted by Crippen LogP contribution is -2.16. The average molecular weight is 440 g/mol. The Morgan fingerprint density at radius 1 is 0.818 bits per heavy atom. The van der Waals surface area contributed by atoms with Crippen molar-refractivity contribution in [2.75, 3.05) is 25.3 Å². The van der Waals surface area contributed by atoms with Gasteiger partial charge in [0, 0.05) is 22.7 Å². The molecule has 164 valence electrons. The molecular formula is C26H20N2O5. The van der Waals surface area contributed by atoms with Crippen LogP contribution < -0.4 is 24.3 Å². The van der Waals surface area contributed by atoms with Crippen molar-refractivity contribution in [1.29, 1.82) is 0 Å². The lowest BCUT2D eigenvalue weighted by Gasteiger charge is -2.19. The van der Waals surface area contributed by atoms with Gasteiger partial charge in [0.1, 0.15) is 13.2 Å². The third-order valence-electron chi connectivity index (χ3n) is 5.68. The van der Waals surface area contributed by atoms with Gasteiger partial charge in [-0.1, -0.05) is 11.6 Å². The first kappa shape index (κ1) is 19.4. The number of amides is 1. The Morgan fingerprint density at radius 2 is 1.58 bits per heavy atom. The first-order chi connectivity index (χ1) is 16.1. The minimum absolute atomic E-state index is 0.201. The molecule has 1 N–H and O–H groups in total. The number of anilines is 1. The Hall–Kier alpha value is -4.26. The molecule has 0 fully saturated rings. The molecule has 33 heavy (non-hydrogen) atoms. The summed E-state index contributed by atoms with van der Waals surface area (Å²) in [5.74, 6) is 2.43. The second-order valence-corrected chi connectivity index (χ2v) is 7.96. The molecule has 3 aromatic carbocycles. The van der Waals surface area contributed by atoms with E-state index in [1.807, 2.05) is 49.4 Å². The van der Waals surface area contributed by atoms with Gasteiger partial charge in [-0.15, -0.1) is 0 Å². The van der Waals surface area contributed by atoms with Gasteiger partial charge in [-0.05, 0) is 55.5 Å². The van der Waals surface area contributed by atoms with Crippen LogP contribution in [-0.2, 0) is 0 Å². The average Bonchev–Trinajstić information content (AvgIpc) is 3.31. The quantitative estimate of drug-likeness (QED) is 0.485. The molecule has 0 saturated heterocycles. The van der Waals surface area contributed by atoms with E-state index in [1.165, 1.54) is 0 Å². The van der Waals surface area contributed by atoms with Gasteiger partial charge in [0.25, 0.3) is 5.91 Å². The Balaban J connectivity index is 1.41. The van der Waals surface area contributed by atoms with Gasteiger partial charge in [0.15, 0.2) is 23.0 Å². The predicted octanol–water partition coefficient (Wildman–Crippen LogP) is 4.96. The monoisotopic (exact) mass is 440 g/mol. The van der Waals surface area contributed by atoms with Crippen molar-refractivity contribution in [2.45, 2.75) is 6.92 Å². The van der Waals surface area contributed by atoms with E-state index < -0.39 is 0 Å². The molecule has 0 spiro atoms. The van der Waals surface area contributed by atoms with Gasteiger partial charge in [-0.2, -0.15) is 0 Å². The number of nitrogens with one attached hydrogen (secondary N) is 1. The van der Waals surface area contributed by atoms with Crippen LogP contribution in [0.1, 0.15) is 15.9 Å². The van der Waals surface area contributed by atoms with Gasteiger partial charge < -0.3 is 24.3 Å². The summed E-state index contributed by atoms with van der Waals surface area (Å²) in [5, 5.41) is 3.78. The smallest absolute Gasteiger partial charge is 0.256 e. The highest BCUT2D eigenvalue weighted by molar-refractivity contribution is 6.13. The van der Waals surface area contributed by atoms with Gasteiger partial charge >= 0.3 is 0 Å². The minimum atomic E-state index is -0.230. The number of nitrogens with zero attached hydrogens (tertiary/aromatic N) is 1. The van der Waals surface area contributed by atoms with Crippen molar-refractivity contribution in [3.8, 4) is 34.3 Å². The molecule has 0 bridgehead atoms. The minimum Gasteiger partial charge on any atom is -0.486 e. The standard InChI is InChI=1S/C26H20N2O5/c1-15-2-5-20-18(10-15)19(13-21(28-20)16-3-6-23-24(11-16)33-14-32-23)26(29)27-17-4-7-22-25(12-17)31-9-8-30-22/h2-7,10-13H,8-9,14H2,1H3,(H,27,29). The molecule has 0 unspecified atom stereocenters. The summed E-state index contributed by atoms with van der Waals surface area (Å²) in [7, 11) is 0. The maximum Gasteiger partial charge on any atom is 0.256 e. The summed E-state index contributed by atoms with van der Waals surface area (Å²) >= 11 is 0. The van der Waals surface area contributed by atoms with E-state index in [9.17, 15) is 4.79 Å². The van der Waals surface area contributed by atoms with E-state index in [0.29, 0.717) is 53.2 Å². The van der Waals surface area contributed by atoms with E-state index in [0.717, 1.165) is 22.0 Å². The second-order valence-electron chi connectivity index (χ2n) is 7.96. The highest BCUT2D eigenvalue weighted by atomic mass is 16.7. The van der Waals surface area contributed by atoms with E-state index in [1.54, 1.807) is 18.2 Å². The zero-order valence-electron chi connectivity index (χ0n) is 17.9. The third-order valence-corrected chi connectivity index (χ3v) is 5.68. The molecule has 6 rings (SSSR count). The van der Waals surface area contributed by atoms with Crippen LogP contribution in [0.3, 0.4) is 0 Å². The van der Waals surface area contributed by atoms with Gasteiger partial charge in [-0.3, -0.25) is 4.79 Å². The highest BCUT2D eigenvalue weighted by Crippen LogP contribution is 2.37. The summed E-state index contributed by atoms with van der Waals surface area (Å²) < 4.78 is 22.1. The van der Waals surface area contributed by atoms with Gasteiger partial charge in [0.05, 0.1) is 16.8 Å². The number of ether oxygens (including phenoxy) is 4. The summed E-state index contributed by atoms with van der Waals surface area (Å²) in [4.78, 5) is 18.2. The SMILES string of the molecule is Cc1ccc2nc(-c3ccc4c(c3)OCO4)cc(C(=O)Nc3ccc4c(c3)OCCO4)c2c1. The van der Waals surface area contributed by atoms with Crippen LogP contribution in [0.25, 0.3) is 22.2 Å². The van der Waals surface area contributed by atoms with Crippen molar-refractivity contribution in [3.63, 3.8) is 0 Å². The van der Waals surface area contributed by atoms with Gasteiger partial charge in [-0.25, -0.2) is 4.98 Å². The van der Waals surface area contributed by atoms with Crippen LogP contribution in [0.2, 0.25) is 0 Å². The van der Waals surface area contributed by atoms with Crippen molar-refractivity contribution < 1.29 is 23.7 Å². The fraction of sp³-hybridized carbons (Fsp3) is 0.154. The van der Waals surface area contributed by atoms with Crippen LogP contribution in [-0.4, -0.2) is 30.9 Å². The molecule has 0 radical (unpaired) electrons. The third kappa shape index (κ3) is 3.57. The second kappa shape index (κ2) is 7.70. The first-order valence-corrected chi connectivity index (χ1v) is 10.7. The molecule has 7 heteroatoms. The number of carbonyl (C=O) groups excluding carboxylic acids is 1. The summed E-state index contributed by atoms with van der Waals surface area (Å²) in [6.45, 7) is 3.20. The van der Waals surface area contributed by atoms with Gasteiger partial charge in [0.2, 0.25) is 6.79 Å². The molecule has 0 saturated carbocycles. The zero-order chi connectivity index (χ0) is 22.4. The fourth-order valence-electron chi connectivity index (χ4n) is 4.05. The topological polar surface area (TPSA) is 78.9 Å². The number of benzene rings is 3. The Bertz CT molecular complexity index is 1420. The molecule has 3 heterocycles. The number of fused-ring (bicyclic) bond motifs is 3. The molecule has 1 amide bonds. The Kier molecular flexibility index (Phi) is 4.54. The van der Waals surface area contributed by atoms with Crippen molar-refractivity contribution in [2.24, 2.45) is 0 Å². The van der Waals surface area contributed by atoms with Crippen LogP contribution in [0.15, 0.2) is 60.7 Å². The molecule has 1 aromatic heterocycles. The predicted molar refractivity (Wildman–Crippen MR) is 123 cm³/mol. The zero-order valence-corrected chi connectivity index (χ0v) is 17.9. The Labute approximate surface area is 189 Å². The summed E-state index contributed by atoms with van der Waals surface area (Å²) in [5.41, 5.74) is 4.47. The molecule has 7 nitrogen and oxygen atoms in total. The first-order valence-electron chi connectivity index (χ1n) is 10.7. The molecular weight excluding hydrogens is 420 g/mol. The fourth-order valence-corrected chi connectivity index (χ4v) is 4.05. The number of rotatable bonds is 3. The maximum absolute atomic E-state index is 13.4. The lowest BCUT2D eigenvalue weighted by molar-refractivity contribution is 0.102. The number of hydrogen-bond acceptors (Lipinski definition) is 6. The van der Waals surface area contributed by atoms with E-state index in [2.05, 4.69) is 5.32 Å². The molecule has 2 aliphatic rings. The molecule has 2 aliphatic heterocycles. The van der Waals surface area contributed by atoms with Crippen molar-refractivity contribution in [1.82, 2.24) is 4.98 Å². The number of aromatic nitrogens is 1. The van der Waals surface area contributed by atoms with Crippen LogP contribution in [0.4, 0.5) is 5.69 Å². The van der Waals surface area contributed by atoms with E-state index >= 15 is 0 Å². The molecule has 4 aromatic rings. The van der Waals surface area contributed by atoms with E-state index in [-0.39, 0.29) is 12.7 Å². The number of pyridine rings is 1. The lowest BCUT2D eigenvalue weighted by atomic mass is 10.0. The summed E-state index contributed by atoms with van der Waals surface area (Å²) in [6, 6.07) is 18.7. The number of aryl methyl sites for hydroxylation is 1. The number of hydrogen-bond donors (Lipinski definition) is 1. The van der Waals surface area contributed by atoms with Crippen LogP contribution in [0.5, 0.6) is 23.0 Å². The Morgan fingerprint density at radius 3 is 2.48 bits per heavy atom. The molecule has 0 aliphatic carbocycles. The highest BCUT2D eigenvalue weighted by Gasteiger charge is 2.19. The van der Waals surface area contributed by atoms with E-state index in [4.69, 9.17) is 23.9 Å². The van der Waals surface area contributed by atoms with Crippen LogP contribution >= 0.6 is 0 Å². The summed E-state index contributed by atoms with van der Waals surface area (Å²) in [6.07, 6.45) is 0. The number of carbonyl (C=O) groups is 1. The van der Waals surface area contributed by atoms with Crippen LogP contribution in [0, 0.1) is 6.92 Å². The molecule has 0 atom stereocenters. The normalized spacial score (nSPS) is 13.7.